The first-order valence-corrected chi connectivity index (χ1v) is 11.5. The van der Waals surface area contributed by atoms with Gasteiger partial charge in [0.1, 0.15) is 0 Å². The molecule has 2 aliphatic rings. The molecule has 32 heavy (non-hydrogen) atoms. The molecule has 0 atom stereocenters. The molecule has 4 rings (SSSR count). The van der Waals surface area contributed by atoms with Crippen LogP contribution < -0.4 is 0 Å². The normalized spacial score (nSPS) is 18.2. The van der Waals surface area contributed by atoms with Crippen LogP contribution in [0.3, 0.4) is 0 Å². The van der Waals surface area contributed by atoms with Crippen molar-refractivity contribution in [2.75, 3.05) is 20.1 Å². The minimum atomic E-state index is 0.114. The molecule has 8 nitrogen and oxygen atoms in total. The number of nitrogens with zero attached hydrogens (tertiary/aromatic N) is 7. The van der Waals surface area contributed by atoms with E-state index in [0.29, 0.717) is 19.1 Å². The lowest BCUT2D eigenvalue weighted by atomic mass is 10.1. The smallest absolute Gasteiger partial charge is 0.219 e. The zero-order chi connectivity index (χ0) is 22.8. The third kappa shape index (κ3) is 4.13. The van der Waals surface area contributed by atoms with E-state index in [1.807, 2.05) is 28.2 Å². The summed E-state index contributed by atoms with van der Waals surface area (Å²) in [6, 6.07) is 0.626. The van der Waals surface area contributed by atoms with Crippen molar-refractivity contribution in [2.45, 2.75) is 59.0 Å². The number of amides is 1. The third-order valence-electron chi connectivity index (χ3n) is 6.34. The van der Waals surface area contributed by atoms with Crippen LogP contribution in [-0.4, -0.2) is 61.1 Å². The Morgan fingerprint density at radius 1 is 1.12 bits per heavy atom. The van der Waals surface area contributed by atoms with Gasteiger partial charge in [-0.1, -0.05) is 26.8 Å². The number of aliphatic imine (C=N–C) groups is 1. The molecule has 0 spiro atoms. The number of likely N-dealkylation sites (N-methyl/N-ethyl adjacent to an activating group) is 1. The molecule has 0 aliphatic carbocycles. The molecule has 0 N–H and O–H groups in total. The number of carbonyl (C=O) groups excluding carboxylic acids is 1. The van der Waals surface area contributed by atoms with Crippen LogP contribution in [0.25, 0.3) is 5.70 Å². The van der Waals surface area contributed by atoms with Gasteiger partial charge in [0.15, 0.2) is 0 Å². The van der Waals surface area contributed by atoms with Crippen LogP contribution in [0.5, 0.6) is 0 Å². The quantitative estimate of drug-likeness (QED) is 0.662. The highest BCUT2D eigenvalue weighted by atomic mass is 16.2. The summed E-state index contributed by atoms with van der Waals surface area (Å²) in [5.41, 5.74) is 4.89. The highest BCUT2D eigenvalue weighted by molar-refractivity contribution is 6.15. The third-order valence-corrected chi connectivity index (χ3v) is 6.34. The molecule has 2 aromatic rings. The van der Waals surface area contributed by atoms with Gasteiger partial charge in [-0.3, -0.25) is 14.2 Å². The molecule has 170 valence electrons. The fraction of sp³-hybridized carbons (Fsp3) is 0.500. The van der Waals surface area contributed by atoms with Crippen molar-refractivity contribution in [3.63, 3.8) is 0 Å². The van der Waals surface area contributed by atoms with Gasteiger partial charge >= 0.3 is 0 Å². The molecule has 4 heterocycles. The standard InChI is InChI=1S/C24H33N7O/c1-6-9-23-24(19-11-26-30(13-19)20(7-2)8-3)27-22(16-28(23)5)18-10-25-31(12-18)21-14-29(15-21)17(4)32/h9-13,16,20-21H,6-8,14-15H2,1-5H3/b23-9-. The van der Waals surface area contributed by atoms with E-state index in [1.165, 1.54) is 0 Å². The lowest BCUT2D eigenvalue weighted by molar-refractivity contribution is -0.134. The van der Waals surface area contributed by atoms with Gasteiger partial charge in [-0.15, -0.1) is 0 Å². The molecule has 8 heteroatoms. The summed E-state index contributed by atoms with van der Waals surface area (Å²) in [4.78, 5) is 20.5. The van der Waals surface area contributed by atoms with Crippen molar-refractivity contribution >= 4 is 17.3 Å². The second-order valence-electron chi connectivity index (χ2n) is 8.55. The van der Waals surface area contributed by atoms with E-state index in [-0.39, 0.29) is 11.9 Å². The van der Waals surface area contributed by atoms with Gasteiger partial charge in [-0.05, 0) is 19.3 Å². The Hall–Kier alpha value is -3.16. The van der Waals surface area contributed by atoms with Crippen molar-refractivity contribution in [2.24, 2.45) is 4.99 Å². The van der Waals surface area contributed by atoms with E-state index in [9.17, 15) is 4.79 Å². The Morgan fingerprint density at radius 2 is 1.84 bits per heavy atom. The summed E-state index contributed by atoms with van der Waals surface area (Å²) < 4.78 is 4.02. The molecule has 2 aliphatic heterocycles. The topological polar surface area (TPSA) is 71.5 Å². The van der Waals surface area contributed by atoms with Crippen LogP contribution in [0, 0.1) is 0 Å². The van der Waals surface area contributed by atoms with E-state index >= 15 is 0 Å². The van der Waals surface area contributed by atoms with Crippen LogP contribution >= 0.6 is 0 Å². The summed E-state index contributed by atoms with van der Waals surface area (Å²) in [6.45, 7) is 9.56. The molecule has 0 unspecified atom stereocenters. The van der Waals surface area contributed by atoms with E-state index in [1.54, 1.807) is 6.92 Å². The Morgan fingerprint density at radius 3 is 2.50 bits per heavy atom. The fourth-order valence-corrected chi connectivity index (χ4v) is 4.28. The Bertz CT molecular complexity index is 1060. The average molecular weight is 436 g/mol. The Labute approximate surface area is 189 Å². The monoisotopic (exact) mass is 435 g/mol. The Kier molecular flexibility index (Phi) is 6.30. The SMILES string of the molecule is CC/C=C1/C(c2cnn(C(CC)CC)c2)=NC(c2cnn(C3CN(C(C)=O)C3)c2)=CN1C. The molecule has 0 saturated carbocycles. The lowest BCUT2D eigenvalue weighted by Gasteiger charge is -2.38. The second-order valence-corrected chi connectivity index (χ2v) is 8.55. The van der Waals surface area contributed by atoms with Crippen LogP contribution in [-0.2, 0) is 4.79 Å². The number of aromatic nitrogens is 4. The predicted molar refractivity (Wildman–Crippen MR) is 126 cm³/mol. The van der Waals surface area contributed by atoms with Gasteiger partial charge in [0.2, 0.25) is 5.91 Å². The van der Waals surface area contributed by atoms with Gasteiger partial charge in [-0.2, -0.15) is 10.2 Å². The van der Waals surface area contributed by atoms with Crippen LogP contribution in [0.1, 0.15) is 70.2 Å². The first kappa shape index (κ1) is 22.0. The van der Waals surface area contributed by atoms with E-state index in [0.717, 1.165) is 47.5 Å². The van der Waals surface area contributed by atoms with Crippen molar-refractivity contribution in [3.05, 3.63) is 53.9 Å². The van der Waals surface area contributed by atoms with Gasteiger partial charge < -0.3 is 9.80 Å². The minimum absolute atomic E-state index is 0.114. The molecule has 0 aromatic carbocycles. The number of allylic oxidation sites excluding steroid dienone is 2. The zero-order valence-corrected chi connectivity index (χ0v) is 19.7. The highest BCUT2D eigenvalue weighted by Gasteiger charge is 2.31. The second kappa shape index (κ2) is 9.14. The van der Waals surface area contributed by atoms with Crippen LogP contribution in [0.4, 0.5) is 0 Å². The first-order valence-electron chi connectivity index (χ1n) is 11.5. The zero-order valence-electron chi connectivity index (χ0n) is 19.7. The first-order chi connectivity index (χ1) is 15.4. The average Bonchev–Trinajstić information content (AvgIpc) is 3.39. The largest absolute Gasteiger partial charge is 0.347 e. The summed E-state index contributed by atoms with van der Waals surface area (Å²) >= 11 is 0. The van der Waals surface area contributed by atoms with E-state index in [2.05, 4.69) is 66.1 Å². The minimum Gasteiger partial charge on any atom is -0.347 e. The van der Waals surface area contributed by atoms with Crippen LogP contribution in [0.2, 0.25) is 0 Å². The van der Waals surface area contributed by atoms with E-state index < -0.39 is 0 Å². The maximum atomic E-state index is 11.5. The van der Waals surface area contributed by atoms with Gasteiger partial charge in [0.05, 0.1) is 41.6 Å². The molecule has 0 bridgehead atoms. The lowest BCUT2D eigenvalue weighted by Crippen LogP contribution is -2.49. The summed E-state index contributed by atoms with van der Waals surface area (Å²) in [6.07, 6.45) is 15.2. The Balaban J connectivity index is 1.63. The highest BCUT2D eigenvalue weighted by Crippen LogP contribution is 2.29. The predicted octanol–water partition coefficient (Wildman–Crippen LogP) is 3.87. The number of hydrogen-bond acceptors (Lipinski definition) is 5. The van der Waals surface area contributed by atoms with Crippen molar-refractivity contribution in [3.8, 4) is 0 Å². The summed E-state index contributed by atoms with van der Waals surface area (Å²) in [5, 5.41) is 9.19. The molecule has 1 fully saturated rings. The molecule has 1 saturated heterocycles. The van der Waals surface area contributed by atoms with Crippen molar-refractivity contribution in [1.29, 1.82) is 0 Å². The van der Waals surface area contributed by atoms with Gasteiger partial charge in [0, 0.05) is 56.8 Å². The maximum Gasteiger partial charge on any atom is 0.219 e. The molecular weight excluding hydrogens is 402 g/mol. The fourth-order valence-electron chi connectivity index (χ4n) is 4.28. The molecular formula is C24H33N7O. The van der Waals surface area contributed by atoms with Gasteiger partial charge in [0.25, 0.3) is 0 Å². The number of carbonyl (C=O) groups is 1. The molecule has 0 radical (unpaired) electrons. The maximum absolute atomic E-state index is 11.5. The van der Waals surface area contributed by atoms with E-state index in [4.69, 9.17) is 4.99 Å². The van der Waals surface area contributed by atoms with Crippen molar-refractivity contribution in [1.82, 2.24) is 29.4 Å². The summed E-state index contributed by atoms with van der Waals surface area (Å²) in [7, 11) is 2.06. The molecule has 1 amide bonds. The number of likely N-dealkylation sites (tertiary alicyclic amines) is 1. The van der Waals surface area contributed by atoms with Crippen LogP contribution in [0.15, 0.2) is 47.8 Å². The number of hydrogen-bond donors (Lipinski definition) is 0. The van der Waals surface area contributed by atoms with Gasteiger partial charge in [-0.25, -0.2) is 4.99 Å². The number of rotatable bonds is 7. The molecule has 2 aromatic heterocycles. The van der Waals surface area contributed by atoms with Crippen molar-refractivity contribution < 1.29 is 4.79 Å². The summed E-state index contributed by atoms with van der Waals surface area (Å²) in [5.74, 6) is 0.114.